The van der Waals surface area contributed by atoms with E-state index in [1.54, 1.807) is 0 Å². The highest BCUT2D eigenvalue weighted by atomic mass is 14.9. The van der Waals surface area contributed by atoms with Gasteiger partial charge in [-0.15, -0.1) is 0 Å². The van der Waals surface area contributed by atoms with Crippen LogP contribution in [0.25, 0.3) is 21.8 Å². The molecule has 3 heteroatoms. The standard InChI is InChI=1S/C16H19N3/c1-16(2,17-3)11-5-6-14-12(9-11)13-10-18-8-7-15(13)19(14)4/h5-10,17H,1-4H3. The van der Waals surface area contributed by atoms with Crippen LogP contribution >= 0.6 is 0 Å². The van der Waals surface area contributed by atoms with Gasteiger partial charge in [0.25, 0.3) is 0 Å². The van der Waals surface area contributed by atoms with Crippen molar-refractivity contribution in [3.8, 4) is 0 Å². The Morgan fingerprint density at radius 2 is 1.84 bits per heavy atom. The summed E-state index contributed by atoms with van der Waals surface area (Å²) in [5.41, 5.74) is 3.74. The first-order valence-corrected chi connectivity index (χ1v) is 6.56. The molecule has 19 heavy (non-hydrogen) atoms. The highest BCUT2D eigenvalue weighted by Crippen LogP contribution is 2.31. The van der Waals surface area contributed by atoms with E-state index in [1.165, 1.54) is 27.4 Å². The van der Waals surface area contributed by atoms with Crippen molar-refractivity contribution in [3.63, 3.8) is 0 Å². The monoisotopic (exact) mass is 253 g/mol. The summed E-state index contributed by atoms with van der Waals surface area (Å²) in [7, 11) is 4.10. The van der Waals surface area contributed by atoms with Crippen LogP contribution in [0.5, 0.6) is 0 Å². The molecule has 0 spiro atoms. The van der Waals surface area contributed by atoms with E-state index in [0.29, 0.717) is 0 Å². The molecule has 1 N–H and O–H groups in total. The Morgan fingerprint density at radius 3 is 2.58 bits per heavy atom. The molecule has 0 radical (unpaired) electrons. The summed E-state index contributed by atoms with van der Waals surface area (Å²) in [5.74, 6) is 0. The zero-order chi connectivity index (χ0) is 13.6. The molecule has 0 amide bonds. The molecule has 0 aliphatic heterocycles. The fourth-order valence-electron chi connectivity index (χ4n) is 2.59. The maximum Gasteiger partial charge on any atom is 0.0519 e. The SMILES string of the molecule is CNC(C)(C)c1ccc2c(c1)c1cnccc1n2C. The van der Waals surface area contributed by atoms with Gasteiger partial charge < -0.3 is 9.88 Å². The van der Waals surface area contributed by atoms with Crippen LogP contribution in [0, 0.1) is 0 Å². The Kier molecular flexibility index (Phi) is 2.61. The molecular weight excluding hydrogens is 234 g/mol. The number of hydrogen-bond acceptors (Lipinski definition) is 2. The Balaban J connectivity index is 2.37. The van der Waals surface area contributed by atoms with Gasteiger partial charge in [0.15, 0.2) is 0 Å². The second-order valence-corrected chi connectivity index (χ2v) is 5.56. The predicted octanol–water partition coefficient (Wildman–Crippen LogP) is 3.18. The van der Waals surface area contributed by atoms with Crippen molar-refractivity contribution in [1.29, 1.82) is 0 Å². The summed E-state index contributed by atoms with van der Waals surface area (Å²) >= 11 is 0. The van der Waals surface area contributed by atoms with Crippen LogP contribution in [-0.2, 0) is 12.6 Å². The van der Waals surface area contributed by atoms with E-state index in [9.17, 15) is 0 Å². The van der Waals surface area contributed by atoms with Crippen LogP contribution in [0.4, 0.5) is 0 Å². The van der Waals surface area contributed by atoms with Crippen molar-refractivity contribution in [1.82, 2.24) is 14.9 Å². The second-order valence-electron chi connectivity index (χ2n) is 5.56. The first-order chi connectivity index (χ1) is 9.04. The molecule has 0 aliphatic rings. The molecule has 2 heterocycles. The molecule has 3 aromatic rings. The van der Waals surface area contributed by atoms with Crippen molar-refractivity contribution in [3.05, 3.63) is 42.2 Å². The van der Waals surface area contributed by atoms with Gasteiger partial charge in [0, 0.05) is 41.3 Å². The first-order valence-electron chi connectivity index (χ1n) is 6.56. The van der Waals surface area contributed by atoms with Crippen molar-refractivity contribution >= 4 is 21.8 Å². The quantitative estimate of drug-likeness (QED) is 0.760. The zero-order valence-corrected chi connectivity index (χ0v) is 11.9. The third-order valence-electron chi connectivity index (χ3n) is 4.15. The number of fused-ring (bicyclic) bond motifs is 3. The Morgan fingerprint density at radius 1 is 1.11 bits per heavy atom. The lowest BCUT2D eigenvalue weighted by atomic mass is 9.93. The van der Waals surface area contributed by atoms with E-state index < -0.39 is 0 Å². The highest BCUT2D eigenvalue weighted by Gasteiger charge is 2.19. The van der Waals surface area contributed by atoms with Gasteiger partial charge in [-0.2, -0.15) is 0 Å². The first kappa shape index (κ1) is 12.2. The van der Waals surface area contributed by atoms with Crippen molar-refractivity contribution < 1.29 is 0 Å². The minimum absolute atomic E-state index is 0.0292. The summed E-state index contributed by atoms with van der Waals surface area (Å²) < 4.78 is 2.22. The molecule has 0 bridgehead atoms. The highest BCUT2D eigenvalue weighted by molar-refractivity contribution is 6.07. The van der Waals surface area contributed by atoms with E-state index >= 15 is 0 Å². The van der Waals surface area contributed by atoms with Gasteiger partial charge in [-0.25, -0.2) is 0 Å². The van der Waals surface area contributed by atoms with Gasteiger partial charge in [-0.1, -0.05) is 6.07 Å². The van der Waals surface area contributed by atoms with Gasteiger partial charge in [0.2, 0.25) is 0 Å². The average molecular weight is 253 g/mol. The van der Waals surface area contributed by atoms with Crippen molar-refractivity contribution in [2.45, 2.75) is 19.4 Å². The Bertz CT molecular complexity index is 753. The molecule has 0 fully saturated rings. The summed E-state index contributed by atoms with van der Waals surface area (Å²) in [6.07, 6.45) is 3.80. The van der Waals surface area contributed by atoms with E-state index in [0.717, 1.165) is 0 Å². The minimum atomic E-state index is -0.0292. The molecule has 2 aromatic heterocycles. The van der Waals surface area contributed by atoms with Crippen molar-refractivity contribution in [2.24, 2.45) is 7.05 Å². The lowest BCUT2D eigenvalue weighted by Gasteiger charge is -2.24. The maximum atomic E-state index is 4.26. The van der Waals surface area contributed by atoms with Crippen LogP contribution < -0.4 is 5.32 Å². The topological polar surface area (TPSA) is 29.9 Å². The lowest BCUT2D eigenvalue weighted by Crippen LogP contribution is -2.32. The van der Waals surface area contributed by atoms with Gasteiger partial charge in [-0.05, 0) is 44.7 Å². The molecule has 0 saturated carbocycles. The second kappa shape index (κ2) is 4.07. The minimum Gasteiger partial charge on any atom is -0.344 e. The summed E-state index contributed by atoms with van der Waals surface area (Å²) in [5, 5.41) is 5.84. The van der Waals surface area contributed by atoms with Crippen LogP contribution in [0.2, 0.25) is 0 Å². The summed E-state index contributed by atoms with van der Waals surface area (Å²) in [4.78, 5) is 4.26. The van der Waals surface area contributed by atoms with E-state index in [2.05, 4.69) is 60.0 Å². The third kappa shape index (κ3) is 1.73. The molecule has 0 unspecified atom stereocenters. The van der Waals surface area contributed by atoms with Gasteiger partial charge in [0.1, 0.15) is 0 Å². The van der Waals surface area contributed by atoms with E-state index in [-0.39, 0.29) is 5.54 Å². The molecule has 0 atom stereocenters. The van der Waals surface area contributed by atoms with Gasteiger partial charge >= 0.3 is 0 Å². The number of benzene rings is 1. The Labute approximate surface area is 113 Å². The molecule has 0 saturated heterocycles. The fraction of sp³-hybridized carbons (Fsp3) is 0.312. The van der Waals surface area contributed by atoms with E-state index in [4.69, 9.17) is 0 Å². The fourth-order valence-corrected chi connectivity index (χ4v) is 2.59. The number of nitrogens with zero attached hydrogens (tertiary/aromatic N) is 2. The largest absolute Gasteiger partial charge is 0.344 e. The number of pyridine rings is 1. The number of hydrogen-bond donors (Lipinski definition) is 1. The van der Waals surface area contributed by atoms with Crippen LogP contribution in [-0.4, -0.2) is 16.6 Å². The van der Waals surface area contributed by atoms with Crippen molar-refractivity contribution in [2.75, 3.05) is 7.05 Å². The maximum absolute atomic E-state index is 4.26. The van der Waals surface area contributed by atoms with E-state index in [1.807, 2.05) is 19.4 Å². The van der Waals surface area contributed by atoms with Gasteiger partial charge in [0.05, 0.1) is 5.52 Å². The van der Waals surface area contributed by atoms with Gasteiger partial charge in [-0.3, -0.25) is 4.98 Å². The lowest BCUT2D eigenvalue weighted by molar-refractivity contribution is 0.445. The molecule has 1 aromatic carbocycles. The molecular formula is C16H19N3. The molecule has 0 aliphatic carbocycles. The third-order valence-corrected chi connectivity index (χ3v) is 4.15. The van der Waals surface area contributed by atoms with Crippen LogP contribution in [0.1, 0.15) is 19.4 Å². The number of aryl methyl sites for hydroxylation is 1. The number of nitrogens with one attached hydrogen (secondary N) is 1. The zero-order valence-electron chi connectivity index (χ0n) is 11.9. The normalized spacial score (nSPS) is 12.4. The summed E-state index contributed by atoms with van der Waals surface area (Å²) in [6.45, 7) is 4.38. The van der Waals surface area contributed by atoms with Crippen LogP contribution in [0.3, 0.4) is 0 Å². The number of rotatable bonds is 2. The molecule has 3 nitrogen and oxygen atoms in total. The average Bonchev–Trinajstić information content (AvgIpc) is 2.73. The predicted molar refractivity (Wildman–Crippen MR) is 80.3 cm³/mol. The van der Waals surface area contributed by atoms with Crippen LogP contribution in [0.15, 0.2) is 36.7 Å². The summed E-state index contributed by atoms with van der Waals surface area (Å²) in [6, 6.07) is 8.74. The smallest absolute Gasteiger partial charge is 0.0519 e. The molecule has 98 valence electrons. The Hall–Kier alpha value is -1.87. The number of aromatic nitrogens is 2. The molecule has 3 rings (SSSR count).